The Morgan fingerprint density at radius 2 is 1.80 bits per heavy atom. The van der Waals surface area contributed by atoms with E-state index in [0.29, 0.717) is 24.0 Å². The van der Waals surface area contributed by atoms with E-state index in [2.05, 4.69) is 6.92 Å². The van der Waals surface area contributed by atoms with Gasteiger partial charge in [0.05, 0.1) is 26.8 Å². The molecule has 1 aromatic carbocycles. The molecule has 2 atom stereocenters. The standard InChI is InChI=1S/C19H28N2O4/c1-12-7-15-8-17(24-5)18(25-6)9-16(15)13(2)21(10-12)19(23)11-20(4)14(3)22/h8-9,12-13H,7,10-11H2,1-6H3. The van der Waals surface area contributed by atoms with Crippen molar-refractivity contribution in [3.8, 4) is 11.5 Å². The molecule has 2 amide bonds. The highest BCUT2D eigenvalue weighted by Crippen LogP contribution is 2.38. The number of amides is 2. The van der Waals surface area contributed by atoms with Gasteiger partial charge in [-0.05, 0) is 42.5 Å². The van der Waals surface area contributed by atoms with E-state index < -0.39 is 0 Å². The first-order valence-electron chi connectivity index (χ1n) is 8.54. The number of carbonyl (C=O) groups excluding carboxylic acids is 2. The van der Waals surface area contributed by atoms with Crippen molar-refractivity contribution in [3.63, 3.8) is 0 Å². The highest BCUT2D eigenvalue weighted by atomic mass is 16.5. The van der Waals surface area contributed by atoms with Crippen LogP contribution in [0.1, 0.15) is 37.9 Å². The number of benzene rings is 1. The molecule has 1 aliphatic rings. The van der Waals surface area contributed by atoms with Crippen LogP contribution in [0, 0.1) is 5.92 Å². The molecular formula is C19H28N2O4. The topological polar surface area (TPSA) is 59.1 Å². The molecule has 0 spiro atoms. The summed E-state index contributed by atoms with van der Waals surface area (Å²) in [6.07, 6.45) is 0.867. The summed E-state index contributed by atoms with van der Waals surface area (Å²) in [4.78, 5) is 27.5. The predicted molar refractivity (Wildman–Crippen MR) is 95.9 cm³/mol. The van der Waals surface area contributed by atoms with Crippen molar-refractivity contribution in [2.75, 3.05) is 34.4 Å². The van der Waals surface area contributed by atoms with Crippen molar-refractivity contribution < 1.29 is 19.1 Å². The molecule has 1 aromatic rings. The Morgan fingerprint density at radius 1 is 1.20 bits per heavy atom. The van der Waals surface area contributed by atoms with Crippen LogP contribution in [0.4, 0.5) is 0 Å². The van der Waals surface area contributed by atoms with Crippen LogP contribution < -0.4 is 9.47 Å². The molecule has 0 aliphatic carbocycles. The first kappa shape index (κ1) is 19.1. The monoisotopic (exact) mass is 348 g/mol. The van der Waals surface area contributed by atoms with Gasteiger partial charge in [-0.15, -0.1) is 0 Å². The molecule has 25 heavy (non-hydrogen) atoms. The highest BCUT2D eigenvalue weighted by Gasteiger charge is 2.30. The lowest BCUT2D eigenvalue weighted by Crippen LogP contribution is -2.42. The van der Waals surface area contributed by atoms with Gasteiger partial charge in [-0.3, -0.25) is 9.59 Å². The molecule has 2 unspecified atom stereocenters. The van der Waals surface area contributed by atoms with Gasteiger partial charge in [0.2, 0.25) is 11.8 Å². The van der Waals surface area contributed by atoms with E-state index in [4.69, 9.17) is 9.47 Å². The average Bonchev–Trinajstić information content (AvgIpc) is 2.69. The predicted octanol–water partition coefficient (Wildman–Crippen LogP) is 2.26. The zero-order valence-electron chi connectivity index (χ0n) is 16.0. The fourth-order valence-corrected chi connectivity index (χ4v) is 3.33. The second-order valence-corrected chi connectivity index (χ2v) is 6.81. The zero-order valence-corrected chi connectivity index (χ0v) is 16.0. The van der Waals surface area contributed by atoms with E-state index in [1.807, 2.05) is 24.0 Å². The van der Waals surface area contributed by atoms with Crippen LogP contribution in [-0.4, -0.2) is 56.0 Å². The number of fused-ring (bicyclic) bond motifs is 1. The van der Waals surface area contributed by atoms with Crippen molar-refractivity contribution in [2.45, 2.75) is 33.2 Å². The van der Waals surface area contributed by atoms with Crippen LogP contribution in [0.25, 0.3) is 0 Å². The van der Waals surface area contributed by atoms with Crippen LogP contribution in [0.3, 0.4) is 0 Å². The lowest BCUT2D eigenvalue weighted by molar-refractivity contribution is -0.140. The van der Waals surface area contributed by atoms with Crippen molar-refractivity contribution in [3.05, 3.63) is 23.3 Å². The van der Waals surface area contributed by atoms with Gasteiger partial charge in [-0.1, -0.05) is 6.92 Å². The third-order valence-corrected chi connectivity index (χ3v) is 4.87. The fraction of sp³-hybridized carbons (Fsp3) is 0.579. The molecular weight excluding hydrogens is 320 g/mol. The lowest BCUT2D eigenvalue weighted by Gasteiger charge is -2.31. The summed E-state index contributed by atoms with van der Waals surface area (Å²) in [6.45, 7) is 6.37. The Bertz CT molecular complexity index is 659. The molecule has 6 nitrogen and oxygen atoms in total. The van der Waals surface area contributed by atoms with Crippen LogP contribution in [-0.2, 0) is 16.0 Å². The maximum atomic E-state index is 12.8. The van der Waals surface area contributed by atoms with E-state index >= 15 is 0 Å². The summed E-state index contributed by atoms with van der Waals surface area (Å²) in [6, 6.07) is 3.88. The SMILES string of the molecule is COc1cc2c(cc1OC)C(C)N(C(=O)CN(C)C(C)=O)CC(C)C2. The largest absolute Gasteiger partial charge is 0.493 e. The normalized spacial score (nSPS) is 19.7. The van der Waals surface area contributed by atoms with Gasteiger partial charge >= 0.3 is 0 Å². The minimum absolute atomic E-state index is 0.0420. The number of carbonyl (C=O) groups is 2. The molecule has 138 valence electrons. The van der Waals surface area contributed by atoms with Crippen molar-refractivity contribution >= 4 is 11.8 Å². The van der Waals surface area contributed by atoms with Crippen LogP contribution in [0.5, 0.6) is 11.5 Å². The first-order chi connectivity index (χ1) is 11.8. The second kappa shape index (κ2) is 7.76. The van der Waals surface area contributed by atoms with Crippen molar-refractivity contribution in [2.24, 2.45) is 5.92 Å². The molecule has 2 rings (SSSR count). The number of methoxy groups -OCH3 is 2. The molecule has 6 heteroatoms. The third kappa shape index (κ3) is 4.06. The van der Waals surface area contributed by atoms with Gasteiger partial charge < -0.3 is 19.3 Å². The van der Waals surface area contributed by atoms with Crippen molar-refractivity contribution in [1.82, 2.24) is 9.80 Å². The molecule has 1 heterocycles. The smallest absolute Gasteiger partial charge is 0.242 e. The van der Waals surface area contributed by atoms with Gasteiger partial charge in [0.15, 0.2) is 11.5 Å². The maximum absolute atomic E-state index is 12.8. The number of ether oxygens (including phenoxy) is 2. The van der Waals surface area contributed by atoms with E-state index in [1.54, 1.807) is 21.3 Å². The molecule has 0 aromatic heterocycles. The molecule has 0 radical (unpaired) electrons. The first-order valence-corrected chi connectivity index (χ1v) is 8.54. The van der Waals surface area contributed by atoms with Gasteiger partial charge in [0.25, 0.3) is 0 Å². The minimum Gasteiger partial charge on any atom is -0.493 e. The Kier molecular flexibility index (Phi) is 5.93. The summed E-state index contributed by atoms with van der Waals surface area (Å²) in [7, 11) is 4.88. The van der Waals surface area contributed by atoms with Gasteiger partial charge in [0, 0.05) is 20.5 Å². The van der Waals surface area contributed by atoms with E-state index in [-0.39, 0.29) is 24.4 Å². The average molecular weight is 348 g/mol. The van der Waals surface area contributed by atoms with Crippen LogP contribution in [0.15, 0.2) is 12.1 Å². The molecule has 0 saturated carbocycles. The summed E-state index contributed by atoms with van der Waals surface area (Å²) < 4.78 is 10.8. The lowest BCUT2D eigenvalue weighted by atomic mass is 9.95. The Morgan fingerprint density at radius 3 is 2.36 bits per heavy atom. The maximum Gasteiger partial charge on any atom is 0.242 e. The molecule has 0 bridgehead atoms. The molecule has 0 saturated heterocycles. The second-order valence-electron chi connectivity index (χ2n) is 6.81. The summed E-state index contributed by atoms with van der Waals surface area (Å²) >= 11 is 0. The zero-order chi connectivity index (χ0) is 18.7. The number of hydrogen-bond acceptors (Lipinski definition) is 4. The number of nitrogens with zero attached hydrogens (tertiary/aromatic N) is 2. The van der Waals surface area contributed by atoms with Gasteiger partial charge in [0.1, 0.15) is 0 Å². The van der Waals surface area contributed by atoms with E-state index in [1.165, 1.54) is 17.4 Å². The Hall–Kier alpha value is -2.24. The van der Waals surface area contributed by atoms with E-state index in [0.717, 1.165) is 12.0 Å². The Labute approximate surface area is 149 Å². The quantitative estimate of drug-likeness (QED) is 0.837. The van der Waals surface area contributed by atoms with Gasteiger partial charge in [-0.2, -0.15) is 0 Å². The van der Waals surface area contributed by atoms with Crippen LogP contribution >= 0.6 is 0 Å². The summed E-state index contributed by atoms with van der Waals surface area (Å²) in [5.74, 6) is 1.52. The van der Waals surface area contributed by atoms with Crippen LogP contribution in [0.2, 0.25) is 0 Å². The molecule has 1 aliphatic heterocycles. The summed E-state index contributed by atoms with van der Waals surface area (Å²) in [5, 5.41) is 0. The number of hydrogen-bond donors (Lipinski definition) is 0. The summed E-state index contributed by atoms with van der Waals surface area (Å²) in [5.41, 5.74) is 2.24. The number of rotatable bonds is 4. The minimum atomic E-state index is -0.115. The highest BCUT2D eigenvalue weighted by molar-refractivity contribution is 5.84. The molecule has 0 N–H and O–H groups in total. The van der Waals surface area contributed by atoms with Crippen molar-refractivity contribution in [1.29, 1.82) is 0 Å². The van der Waals surface area contributed by atoms with Gasteiger partial charge in [-0.25, -0.2) is 0 Å². The Balaban J connectivity index is 2.38. The van der Waals surface area contributed by atoms with E-state index in [9.17, 15) is 9.59 Å². The number of likely N-dealkylation sites (N-methyl/N-ethyl adjacent to an activating group) is 1. The molecule has 0 fully saturated rings. The fourth-order valence-electron chi connectivity index (χ4n) is 3.33. The third-order valence-electron chi connectivity index (χ3n) is 4.87.